The number of ether oxygens (including phenoxy) is 3. The van der Waals surface area contributed by atoms with Crippen molar-refractivity contribution in [3.8, 4) is 5.75 Å². The third kappa shape index (κ3) is 8.20. The number of hydrogen-bond donors (Lipinski definition) is 2. The van der Waals surface area contributed by atoms with Gasteiger partial charge in [-0.25, -0.2) is 27.0 Å². The maximum Gasteiger partial charge on any atom is 0.410 e. The predicted molar refractivity (Wildman–Crippen MR) is 203 cm³/mol. The van der Waals surface area contributed by atoms with Crippen LogP contribution in [0.1, 0.15) is 58.6 Å². The molecule has 2 aromatic heterocycles. The average molecular weight is 794 g/mol. The number of benzene rings is 3. The number of aromatic nitrogens is 2. The van der Waals surface area contributed by atoms with Crippen LogP contribution in [0, 0.1) is 0 Å². The van der Waals surface area contributed by atoms with Gasteiger partial charge < -0.3 is 29.7 Å². The molecule has 1 aliphatic rings. The summed E-state index contributed by atoms with van der Waals surface area (Å²) in [5.74, 6) is -1.93. The summed E-state index contributed by atoms with van der Waals surface area (Å²) < 4.78 is 44.9. The number of methoxy groups -OCH3 is 1. The fraction of sp³-hybridized carbons (Fsp3) is 0.270. The van der Waals surface area contributed by atoms with Crippen LogP contribution < -0.4 is 15.4 Å². The number of rotatable bonds is 9. The Kier molecular flexibility index (Phi) is 10.7. The summed E-state index contributed by atoms with van der Waals surface area (Å²) in [4.78, 5) is 59.4. The molecular weight excluding hydrogens is 758 g/mol. The van der Waals surface area contributed by atoms with Crippen LogP contribution in [-0.2, 0) is 37.3 Å². The maximum absolute atomic E-state index is 14.1. The van der Waals surface area contributed by atoms with Crippen molar-refractivity contribution in [3.63, 3.8) is 0 Å². The minimum atomic E-state index is -4.28. The highest BCUT2D eigenvalue weighted by atomic mass is 35.5. The molecule has 0 saturated heterocycles. The second kappa shape index (κ2) is 15.1. The smallest absolute Gasteiger partial charge is 0.410 e. The first-order chi connectivity index (χ1) is 25.5. The van der Waals surface area contributed by atoms with E-state index >= 15 is 0 Å². The zero-order valence-corrected chi connectivity index (χ0v) is 32.2. The lowest BCUT2D eigenvalue weighted by Gasteiger charge is -2.29. The number of halogens is 1. The maximum atomic E-state index is 14.1. The highest BCUT2D eigenvalue weighted by Gasteiger charge is 2.30. The quantitative estimate of drug-likeness (QED) is 0.152. The Morgan fingerprint density at radius 2 is 1.67 bits per heavy atom. The van der Waals surface area contributed by atoms with Crippen molar-refractivity contribution >= 4 is 79.1 Å². The molecule has 6 rings (SSSR count). The number of amides is 3. The van der Waals surface area contributed by atoms with Gasteiger partial charge in [-0.1, -0.05) is 29.8 Å². The van der Waals surface area contributed by atoms with Crippen molar-refractivity contribution in [2.24, 2.45) is 0 Å². The van der Waals surface area contributed by atoms with Crippen molar-refractivity contribution in [2.45, 2.75) is 57.3 Å². The van der Waals surface area contributed by atoms with Crippen molar-refractivity contribution in [3.05, 3.63) is 99.1 Å². The van der Waals surface area contributed by atoms with Crippen LogP contribution in [0.4, 0.5) is 16.2 Å². The molecule has 5 aromatic rings. The monoisotopic (exact) mass is 793 g/mol. The average Bonchev–Trinajstić information content (AvgIpc) is 3.74. The van der Waals surface area contributed by atoms with Crippen molar-refractivity contribution in [1.29, 1.82) is 0 Å². The van der Waals surface area contributed by atoms with Crippen molar-refractivity contribution in [1.82, 2.24) is 13.9 Å². The summed E-state index contributed by atoms with van der Waals surface area (Å²) in [6.45, 7) is 7.41. The van der Waals surface area contributed by atoms with Crippen LogP contribution in [0.2, 0.25) is 5.02 Å². The van der Waals surface area contributed by atoms with E-state index < -0.39 is 45.6 Å². The highest BCUT2D eigenvalue weighted by Crippen LogP contribution is 2.33. The zero-order chi connectivity index (χ0) is 38.9. The minimum Gasteiger partial charge on any atom is -0.479 e. The van der Waals surface area contributed by atoms with E-state index in [4.69, 9.17) is 25.8 Å². The second-order valence-electron chi connectivity index (χ2n) is 13.3. The first kappa shape index (κ1) is 38.3. The number of carbonyl (C=O) groups excluding carboxylic acids is 4. The molecular formula is C37H36ClN5O9S2. The summed E-state index contributed by atoms with van der Waals surface area (Å²) in [5, 5.41) is 6.34. The van der Waals surface area contributed by atoms with Gasteiger partial charge in [-0.2, -0.15) is 0 Å². The number of anilines is 2. The molecule has 3 amide bonds. The largest absolute Gasteiger partial charge is 0.479 e. The molecule has 0 spiro atoms. The lowest BCUT2D eigenvalue weighted by molar-refractivity contribution is -0.147. The fourth-order valence-corrected chi connectivity index (χ4v) is 8.37. The predicted octanol–water partition coefficient (Wildman–Crippen LogP) is 6.73. The lowest BCUT2D eigenvalue weighted by atomic mass is 10.2. The van der Waals surface area contributed by atoms with Gasteiger partial charge in [0, 0.05) is 34.3 Å². The number of nitrogens with one attached hydrogen (secondary N) is 2. The molecule has 282 valence electrons. The van der Waals surface area contributed by atoms with E-state index in [9.17, 15) is 27.6 Å². The van der Waals surface area contributed by atoms with E-state index in [0.29, 0.717) is 29.1 Å². The molecule has 3 heterocycles. The van der Waals surface area contributed by atoms with Gasteiger partial charge in [0.15, 0.2) is 11.1 Å². The number of nitrogens with zero attached hydrogens (tertiary/aromatic N) is 3. The number of thiazole rings is 1. The second-order valence-corrected chi connectivity index (χ2v) is 16.6. The van der Waals surface area contributed by atoms with E-state index in [0.717, 1.165) is 20.2 Å². The topological polar surface area (TPSA) is 175 Å². The zero-order valence-electron chi connectivity index (χ0n) is 29.8. The molecule has 14 nitrogen and oxygen atoms in total. The molecule has 0 bridgehead atoms. The Balaban J connectivity index is 1.33. The van der Waals surface area contributed by atoms with Gasteiger partial charge in [0.2, 0.25) is 0 Å². The lowest BCUT2D eigenvalue weighted by Crippen LogP contribution is -2.39. The fourth-order valence-electron chi connectivity index (χ4n) is 5.64. The van der Waals surface area contributed by atoms with Crippen molar-refractivity contribution in [2.75, 3.05) is 24.3 Å². The van der Waals surface area contributed by atoms with Gasteiger partial charge in [0.25, 0.3) is 21.8 Å². The van der Waals surface area contributed by atoms with E-state index in [1.807, 2.05) is 0 Å². The third-order valence-corrected chi connectivity index (χ3v) is 11.2. The number of esters is 1. The van der Waals surface area contributed by atoms with Crippen LogP contribution >= 0.6 is 22.9 Å². The van der Waals surface area contributed by atoms with Crippen molar-refractivity contribution < 1.29 is 41.8 Å². The van der Waals surface area contributed by atoms with Gasteiger partial charge in [-0.15, -0.1) is 11.3 Å². The van der Waals surface area contributed by atoms with Crippen LogP contribution in [0.15, 0.2) is 77.7 Å². The van der Waals surface area contributed by atoms with Gasteiger partial charge in [0.1, 0.15) is 17.0 Å². The molecule has 1 unspecified atom stereocenters. The Morgan fingerprint density at radius 3 is 2.37 bits per heavy atom. The number of fused-ring (bicyclic) bond motifs is 2. The van der Waals surface area contributed by atoms with Crippen LogP contribution in [0.3, 0.4) is 0 Å². The summed E-state index contributed by atoms with van der Waals surface area (Å²) >= 11 is 7.34. The molecule has 0 saturated carbocycles. The first-order valence-electron chi connectivity index (χ1n) is 16.6. The van der Waals surface area contributed by atoms with Gasteiger partial charge in [-0.3, -0.25) is 9.59 Å². The summed E-state index contributed by atoms with van der Waals surface area (Å²) in [6.07, 6.45) is -1.06. The van der Waals surface area contributed by atoms with Crippen LogP contribution in [0.25, 0.3) is 10.9 Å². The Hall–Kier alpha value is -5.45. The van der Waals surface area contributed by atoms with Gasteiger partial charge >= 0.3 is 12.1 Å². The molecule has 17 heteroatoms. The summed E-state index contributed by atoms with van der Waals surface area (Å²) in [7, 11) is -3.06. The highest BCUT2D eigenvalue weighted by molar-refractivity contribution is 7.90. The molecule has 2 N–H and O–H groups in total. The SMILES string of the molecule is COC(=O)C(C)Oc1ccc(NC(=O)c2cc3cc(Cl)ccc3n2S(=O)(=O)c2ccccc2)c(NC(=O)c2nc3c(s2)CN(C(=O)OC(C)(C)C)CC3)c1. The molecule has 3 aromatic carbocycles. The van der Waals surface area contributed by atoms with E-state index in [2.05, 4.69) is 15.6 Å². The molecule has 0 aliphatic carbocycles. The number of carbonyl (C=O) groups is 4. The Bertz CT molecular complexity index is 2390. The van der Waals surface area contributed by atoms with E-state index in [-0.39, 0.29) is 44.8 Å². The molecule has 0 radical (unpaired) electrons. The van der Waals surface area contributed by atoms with Crippen LogP contribution in [-0.4, -0.2) is 71.5 Å². The molecule has 0 fully saturated rings. The number of hydrogen-bond acceptors (Lipinski definition) is 11. The van der Waals surface area contributed by atoms with E-state index in [1.165, 1.54) is 62.6 Å². The molecule has 1 aliphatic heterocycles. The summed E-state index contributed by atoms with van der Waals surface area (Å²) in [6, 6.07) is 18.0. The standard InChI is InChI=1S/C37H36ClN5O9S2/c1-21(35(46)50-5)51-24-12-13-26(28(19-24)40-33(45)34-41-27-15-16-42(20-31(27)53-34)36(47)52-37(2,3)4)39-32(44)30-18-22-17-23(38)11-14-29(22)43(30)54(48,49)25-9-7-6-8-10-25/h6-14,17-19,21H,15-16,20H2,1-5H3,(H,39,44)(H,40,45). The molecule has 54 heavy (non-hydrogen) atoms. The van der Waals surface area contributed by atoms with Crippen LogP contribution in [0.5, 0.6) is 5.75 Å². The van der Waals surface area contributed by atoms with Gasteiger partial charge in [-0.05, 0) is 76.2 Å². The summed E-state index contributed by atoms with van der Waals surface area (Å²) in [5.41, 5.74) is 0.140. The third-order valence-electron chi connectivity index (χ3n) is 8.14. The van der Waals surface area contributed by atoms with Gasteiger partial charge in [0.05, 0.1) is 41.1 Å². The Labute approximate surface area is 320 Å². The normalized spacial score (nSPS) is 13.5. The minimum absolute atomic E-state index is 0.0407. The first-order valence-corrected chi connectivity index (χ1v) is 19.3. The van der Waals surface area contributed by atoms with E-state index in [1.54, 1.807) is 49.9 Å². The molecule has 1 atom stereocenters. The Morgan fingerprint density at radius 1 is 0.944 bits per heavy atom.